The first-order valence-electron chi connectivity index (χ1n) is 5.13. The molecule has 0 atom stereocenters. The second-order valence-corrected chi connectivity index (χ2v) is 3.70. The van der Waals surface area contributed by atoms with Gasteiger partial charge in [-0.2, -0.15) is 0 Å². The quantitative estimate of drug-likeness (QED) is 0.903. The average molecular weight is 251 g/mol. The third-order valence-electron chi connectivity index (χ3n) is 2.18. The van der Waals surface area contributed by atoms with E-state index in [1.807, 2.05) is 0 Å². The van der Waals surface area contributed by atoms with Gasteiger partial charge in [-0.15, -0.1) is 0 Å². The van der Waals surface area contributed by atoms with Crippen LogP contribution in [0.15, 0.2) is 28.8 Å². The maximum Gasteiger partial charge on any atom is 0.335 e. The largest absolute Gasteiger partial charge is 0.487 e. The minimum absolute atomic E-state index is 0.0832. The fourth-order valence-electron chi connectivity index (χ4n) is 1.41. The zero-order chi connectivity index (χ0) is 13.1. The van der Waals surface area contributed by atoms with Crippen LogP contribution in [-0.4, -0.2) is 16.2 Å². The van der Waals surface area contributed by atoms with Gasteiger partial charge in [0.1, 0.15) is 29.6 Å². The maximum absolute atomic E-state index is 13.1. The van der Waals surface area contributed by atoms with Gasteiger partial charge in [-0.25, -0.2) is 9.18 Å². The summed E-state index contributed by atoms with van der Waals surface area (Å²) >= 11 is 0. The Bertz CT molecular complexity index is 579. The van der Waals surface area contributed by atoms with Crippen LogP contribution in [0.4, 0.5) is 4.39 Å². The van der Waals surface area contributed by atoms with Crippen molar-refractivity contribution in [3.8, 4) is 5.75 Å². The van der Waals surface area contributed by atoms with Crippen molar-refractivity contribution in [2.75, 3.05) is 0 Å². The first-order chi connectivity index (χ1) is 8.54. The molecule has 1 aromatic carbocycles. The molecule has 2 aromatic rings. The lowest BCUT2D eigenvalue weighted by Gasteiger charge is -2.05. The van der Waals surface area contributed by atoms with Gasteiger partial charge in [-0.3, -0.25) is 0 Å². The molecule has 94 valence electrons. The van der Waals surface area contributed by atoms with E-state index in [0.29, 0.717) is 11.5 Å². The molecule has 1 heterocycles. The van der Waals surface area contributed by atoms with Crippen molar-refractivity contribution in [2.45, 2.75) is 13.5 Å². The fourth-order valence-corrected chi connectivity index (χ4v) is 1.41. The van der Waals surface area contributed by atoms with Gasteiger partial charge < -0.3 is 14.4 Å². The zero-order valence-corrected chi connectivity index (χ0v) is 9.51. The SMILES string of the molecule is Cc1cc(COc2cc(F)cc(C(=O)O)c2)no1. The number of hydrogen-bond donors (Lipinski definition) is 1. The van der Waals surface area contributed by atoms with E-state index >= 15 is 0 Å². The van der Waals surface area contributed by atoms with Crippen molar-refractivity contribution < 1.29 is 23.6 Å². The fraction of sp³-hybridized carbons (Fsp3) is 0.167. The Hall–Kier alpha value is -2.37. The Morgan fingerprint density at radius 1 is 1.44 bits per heavy atom. The number of aryl methyl sites for hydroxylation is 1. The van der Waals surface area contributed by atoms with Gasteiger partial charge in [0, 0.05) is 12.1 Å². The predicted octanol–water partition coefficient (Wildman–Crippen LogP) is 2.40. The Morgan fingerprint density at radius 3 is 2.83 bits per heavy atom. The van der Waals surface area contributed by atoms with Gasteiger partial charge in [0.25, 0.3) is 0 Å². The van der Waals surface area contributed by atoms with Crippen molar-refractivity contribution in [1.82, 2.24) is 5.16 Å². The highest BCUT2D eigenvalue weighted by molar-refractivity contribution is 5.88. The lowest BCUT2D eigenvalue weighted by molar-refractivity contribution is 0.0695. The lowest BCUT2D eigenvalue weighted by Crippen LogP contribution is -2.00. The molecule has 1 aromatic heterocycles. The molecule has 5 nitrogen and oxygen atoms in total. The molecule has 0 spiro atoms. The molecule has 0 bridgehead atoms. The number of nitrogens with zero attached hydrogens (tertiary/aromatic N) is 1. The summed E-state index contributed by atoms with van der Waals surface area (Å²) in [6.45, 7) is 1.82. The third-order valence-corrected chi connectivity index (χ3v) is 2.18. The van der Waals surface area contributed by atoms with E-state index in [1.165, 1.54) is 6.07 Å². The van der Waals surface area contributed by atoms with Gasteiger partial charge in [-0.05, 0) is 19.1 Å². The summed E-state index contributed by atoms with van der Waals surface area (Å²) < 4.78 is 23.2. The second kappa shape index (κ2) is 4.87. The van der Waals surface area contributed by atoms with E-state index in [0.717, 1.165) is 12.1 Å². The highest BCUT2D eigenvalue weighted by Crippen LogP contribution is 2.18. The Labute approximate surface area is 102 Å². The van der Waals surface area contributed by atoms with E-state index in [2.05, 4.69) is 5.16 Å². The summed E-state index contributed by atoms with van der Waals surface area (Å²) in [7, 11) is 0. The number of carbonyl (C=O) groups is 1. The van der Waals surface area contributed by atoms with Gasteiger partial charge in [0.05, 0.1) is 5.56 Å². The molecule has 1 N–H and O–H groups in total. The van der Waals surface area contributed by atoms with Crippen LogP contribution in [0.2, 0.25) is 0 Å². The smallest absolute Gasteiger partial charge is 0.335 e. The van der Waals surface area contributed by atoms with Crippen molar-refractivity contribution in [1.29, 1.82) is 0 Å². The third kappa shape index (κ3) is 2.85. The van der Waals surface area contributed by atoms with Crippen LogP contribution < -0.4 is 4.74 Å². The minimum Gasteiger partial charge on any atom is -0.487 e. The molecule has 0 saturated heterocycles. The van der Waals surface area contributed by atoms with Crippen LogP contribution in [0.1, 0.15) is 21.8 Å². The number of carboxylic acid groups (broad SMARTS) is 1. The maximum atomic E-state index is 13.1. The molecule has 0 saturated carbocycles. The molecule has 0 aliphatic heterocycles. The van der Waals surface area contributed by atoms with Gasteiger partial charge in [0.15, 0.2) is 0 Å². The molecular weight excluding hydrogens is 241 g/mol. The highest BCUT2D eigenvalue weighted by Gasteiger charge is 2.08. The summed E-state index contributed by atoms with van der Waals surface area (Å²) in [4.78, 5) is 10.7. The van der Waals surface area contributed by atoms with Crippen molar-refractivity contribution in [2.24, 2.45) is 0 Å². The van der Waals surface area contributed by atoms with E-state index in [4.69, 9.17) is 14.4 Å². The number of carboxylic acids is 1. The van der Waals surface area contributed by atoms with Crippen LogP contribution in [-0.2, 0) is 6.61 Å². The molecule has 0 amide bonds. The van der Waals surface area contributed by atoms with E-state index < -0.39 is 11.8 Å². The molecule has 0 fully saturated rings. The number of aromatic nitrogens is 1. The zero-order valence-electron chi connectivity index (χ0n) is 9.51. The van der Waals surface area contributed by atoms with Crippen molar-refractivity contribution in [3.05, 3.63) is 47.1 Å². The van der Waals surface area contributed by atoms with Crippen LogP contribution in [0.3, 0.4) is 0 Å². The predicted molar refractivity (Wildman–Crippen MR) is 58.9 cm³/mol. The van der Waals surface area contributed by atoms with E-state index in [1.54, 1.807) is 13.0 Å². The number of hydrogen-bond acceptors (Lipinski definition) is 4. The standard InChI is InChI=1S/C12H10FNO4/c1-7-2-10(14-18-7)6-17-11-4-8(12(15)16)3-9(13)5-11/h2-5H,6H2,1H3,(H,15,16). The number of ether oxygens (including phenoxy) is 1. The van der Waals surface area contributed by atoms with Crippen LogP contribution in [0, 0.1) is 12.7 Å². The summed E-state index contributed by atoms with van der Waals surface area (Å²) in [6.07, 6.45) is 0. The Morgan fingerprint density at radius 2 is 2.22 bits per heavy atom. The normalized spacial score (nSPS) is 10.3. The van der Waals surface area contributed by atoms with E-state index in [-0.39, 0.29) is 17.9 Å². The van der Waals surface area contributed by atoms with Crippen LogP contribution >= 0.6 is 0 Å². The summed E-state index contributed by atoms with van der Waals surface area (Å²) in [5.41, 5.74) is 0.384. The number of aromatic carboxylic acids is 1. The topological polar surface area (TPSA) is 72.6 Å². The summed E-state index contributed by atoms with van der Waals surface area (Å²) in [5, 5.41) is 12.5. The monoisotopic (exact) mass is 251 g/mol. The van der Waals surface area contributed by atoms with E-state index in [9.17, 15) is 9.18 Å². The van der Waals surface area contributed by atoms with Crippen LogP contribution in [0.25, 0.3) is 0 Å². The molecule has 0 aliphatic rings. The number of benzene rings is 1. The average Bonchev–Trinajstić information content (AvgIpc) is 2.72. The Kier molecular flexibility index (Phi) is 3.27. The first kappa shape index (κ1) is 12.1. The molecule has 6 heteroatoms. The van der Waals surface area contributed by atoms with Gasteiger partial charge in [-0.1, -0.05) is 5.16 Å². The van der Waals surface area contributed by atoms with Crippen molar-refractivity contribution >= 4 is 5.97 Å². The molecule has 18 heavy (non-hydrogen) atoms. The number of halogens is 1. The molecule has 0 radical (unpaired) electrons. The Balaban J connectivity index is 2.11. The molecular formula is C12H10FNO4. The first-order valence-corrected chi connectivity index (χ1v) is 5.13. The second-order valence-electron chi connectivity index (χ2n) is 3.70. The minimum atomic E-state index is -1.21. The molecule has 0 aliphatic carbocycles. The van der Waals surface area contributed by atoms with Gasteiger partial charge in [0.2, 0.25) is 0 Å². The lowest BCUT2D eigenvalue weighted by atomic mass is 10.2. The number of rotatable bonds is 4. The molecule has 0 unspecified atom stereocenters. The highest BCUT2D eigenvalue weighted by atomic mass is 19.1. The summed E-state index contributed by atoms with van der Waals surface area (Å²) in [5.74, 6) is -1.11. The summed E-state index contributed by atoms with van der Waals surface area (Å²) in [6, 6.07) is 4.96. The van der Waals surface area contributed by atoms with Crippen LogP contribution in [0.5, 0.6) is 5.75 Å². The van der Waals surface area contributed by atoms with Gasteiger partial charge >= 0.3 is 5.97 Å². The molecule has 2 rings (SSSR count). The van der Waals surface area contributed by atoms with Crippen molar-refractivity contribution in [3.63, 3.8) is 0 Å².